The quantitative estimate of drug-likeness (QED) is 0.907. The minimum atomic E-state index is -0.856. The first-order valence-corrected chi connectivity index (χ1v) is 6.04. The normalized spacial score (nSPS) is 10.2. The number of halogens is 2. The predicted molar refractivity (Wildman–Crippen MR) is 73.2 cm³/mol. The molecule has 0 aliphatic rings. The van der Waals surface area contributed by atoms with Gasteiger partial charge in [0.15, 0.2) is 11.6 Å². The topological polar surface area (TPSA) is 30.5 Å². The van der Waals surface area contributed by atoms with Crippen molar-refractivity contribution in [1.29, 1.82) is 0 Å². The van der Waals surface area contributed by atoms with E-state index in [-0.39, 0.29) is 12.1 Å². The molecule has 106 valence electrons. The summed E-state index contributed by atoms with van der Waals surface area (Å²) in [6, 6.07) is 9.32. The summed E-state index contributed by atoms with van der Waals surface area (Å²) >= 11 is 0. The average molecular weight is 279 g/mol. The molecule has 0 atom stereocenters. The first-order valence-electron chi connectivity index (χ1n) is 6.04. The van der Waals surface area contributed by atoms with E-state index in [2.05, 4.69) is 5.32 Å². The molecule has 2 rings (SSSR count). The molecule has 0 saturated heterocycles. The molecule has 1 N–H and O–H groups in total. The van der Waals surface area contributed by atoms with Crippen LogP contribution >= 0.6 is 0 Å². The highest BCUT2D eigenvalue weighted by atomic mass is 19.2. The summed E-state index contributed by atoms with van der Waals surface area (Å²) in [5.74, 6) is -0.469. The molecular formula is C15H15F2NO2. The maximum absolute atomic E-state index is 13.5. The Bertz CT molecular complexity index is 602. The van der Waals surface area contributed by atoms with E-state index in [0.717, 1.165) is 6.07 Å². The van der Waals surface area contributed by atoms with Crippen molar-refractivity contribution < 1.29 is 18.3 Å². The number of rotatable bonds is 5. The summed E-state index contributed by atoms with van der Waals surface area (Å²) in [6.07, 6.45) is 0. The first kappa shape index (κ1) is 14.1. The molecule has 0 spiro atoms. The van der Waals surface area contributed by atoms with Gasteiger partial charge in [0.05, 0.1) is 19.9 Å². The second-order valence-corrected chi connectivity index (χ2v) is 4.13. The molecule has 2 aromatic rings. The Labute approximate surface area is 116 Å². The van der Waals surface area contributed by atoms with E-state index in [4.69, 9.17) is 9.47 Å². The highest BCUT2D eigenvalue weighted by Gasteiger charge is 2.09. The van der Waals surface area contributed by atoms with Crippen LogP contribution in [0.2, 0.25) is 0 Å². The lowest BCUT2D eigenvalue weighted by molar-refractivity contribution is 0.395. The molecule has 0 heterocycles. The molecule has 20 heavy (non-hydrogen) atoms. The van der Waals surface area contributed by atoms with E-state index >= 15 is 0 Å². The van der Waals surface area contributed by atoms with Crippen molar-refractivity contribution in [3.63, 3.8) is 0 Å². The van der Waals surface area contributed by atoms with Gasteiger partial charge in [-0.3, -0.25) is 0 Å². The minimum absolute atomic E-state index is 0.159. The lowest BCUT2D eigenvalue weighted by Gasteiger charge is -2.13. The molecular weight excluding hydrogens is 264 g/mol. The molecule has 2 aromatic carbocycles. The van der Waals surface area contributed by atoms with Crippen molar-refractivity contribution in [3.05, 3.63) is 53.6 Å². The number of ether oxygens (including phenoxy) is 2. The van der Waals surface area contributed by atoms with E-state index < -0.39 is 11.6 Å². The number of hydrogen-bond donors (Lipinski definition) is 1. The van der Waals surface area contributed by atoms with Gasteiger partial charge in [-0.25, -0.2) is 8.78 Å². The van der Waals surface area contributed by atoms with Gasteiger partial charge < -0.3 is 14.8 Å². The van der Waals surface area contributed by atoms with Crippen LogP contribution in [0.3, 0.4) is 0 Å². The van der Waals surface area contributed by atoms with Gasteiger partial charge >= 0.3 is 0 Å². The smallest absolute Gasteiger partial charge is 0.163 e. The van der Waals surface area contributed by atoms with Gasteiger partial charge in [0, 0.05) is 18.2 Å². The van der Waals surface area contributed by atoms with Crippen LogP contribution in [0.4, 0.5) is 14.5 Å². The van der Waals surface area contributed by atoms with Crippen molar-refractivity contribution in [2.24, 2.45) is 0 Å². The number of benzene rings is 2. The largest absolute Gasteiger partial charge is 0.497 e. The fourth-order valence-electron chi connectivity index (χ4n) is 1.82. The van der Waals surface area contributed by atoms with Crippen LogP contribution in [-0.4, -0.2) is 14.2 Å². The van der Waals surface area contributed by atoms with Gasteiger partial charge in [-0.1, -0.05) is 12.1 Å². The highest BCUT2D eigenvalue weighted by Crippen LogP contribution is 2.29. The van der Waals surface area contributed by atoms with Crippen LogP contribution in [0.25, 0.3) is 0 Å². The summed E-state index contributed by atoms with van der Waals surface area (Å²) in [7, 11) is 3.09. The first-order chi connectivity index (χ1) is 9.65. The Balaban J connectivity index is 2.16. The SMILES string of the molecule is COc1ccc(NCc2cccc(F)c2F)c(OC)c1. The zero-order valence-electron chi connectivity index (χ0n) is 11.2. The van der Waals surface area contributed by atoms with Gasteiger partial charge in [-0.05, 0) is 18.2 Å². The summed E-state index contributed by atoms with van der Waals surface area (Å²) < 4.78 is 37.0. The third-order valence-electron chi connectivity index (χ3n) is 2.91. The van der Waals surface area contributed by atoms with E-state index in [1.165, 1.54) is 19.2 Å². The van der Waals surface area contributed by atoms with Crippen LogP contribution in [0.15, 0.2) is 36.4 Å². The van der Waals surface area contributed by atoms with Crippen molar-refractivity contribution in [2.45, 2.75) is 6.54 Å². The molecule has 5 heteroatoms. The standard InChI is InChI=1S/C15H15F2NO2/c1-19-11-6-7-13(14(8-11)20-2)18-9-10-4-3-5-12(16)15(10)17/h3-8,18H,9H2,1-2H3. The second-order valence-electron chi connectivity index (χ2n) is 4.13. The van der Waals surface area contributed by atoms with E-state index in [0.29, 0.717) is 17.2 Å². The fraction of sp³-hybridized carbons (Fsp3) is 0.200. The Morgan fingerprint density at radius 2 is 1.85 bits per heavy atom. The molecule has 0 radical (unpaired) electrons. The van der Waals surface area contributed by atoms with Crippen molar-refractivity contribution in [1.82, 2.24) is 0 Å². The van der Waals surface area contributed by atoms with Crippen LogP contribution in [-0.2, 0) is 6.54 Å². The molecule has 0 aliphatic carbocycles. The lowest BCUT2D eigenvalue weighted by Crippen LogP contribution is -2.04. The Morgan fingerprint density at radius 3 is 2.55 bits per heavy atom. The van der Waals surface area contributed by atoms with Crippen molar-refractivity contribution in [3.8, 4) is 11.5 Å². The van der Waals surface area contributed by atoms with Gasteiger partial charge in [-0.15, -0.1) is 0 Å². The Kier molecular flexibility index (Phi) is 4.40. The van der Waals surface area contributed by atoms with Gasteiger partial charge in [0.1, 0.15) is 11.5 Å². The lowest BCUT2D eigenvalue weighted by atomic mass is 10.2. The molecule has 0 fully saturated rings. The maximum atomic E-state index is 13.5. The predicted octanol–water partition coefficient (Wildman–Crippen LogP) is 3.59. The van der Waals surface area contributed by atoms with Crippen molar-refractivity contribution in [2.75, 3.05) is 19.5 Å². The number of nitrogens with one attached hydrogen (secondary N) is 1. The average Bonchev–Trinajstić information content (AvgIpc) is 2.48. The van der Waals surface area contributed by atoms with Crippen molar-refractivity contribution >= 4 is 5.69 Å². The van der Waals surface area contributed by atoms with E-state index in [9.17, 15) is 8.78 Å². The Morgan fingerprint density at radius 1 is 1.05 bits per heavy atom. The third-order valence-corrected chi connectivity index (χ3v) is 2.91. The molecule has 0 aliphatic heterocycles. The molecule has 0 aromatic heterocycles. The number of hydrogen-bond acceptors (Lipinski definition) is 3. The van der Waals surface area contributed by atoms with E-state index in [1.807, 2.05) is 0 Å². The molecule has 0 unspecified atom stereocenters. The summed E-state index contributed by atoms with van der Waals surface area (Å²) in [4.78, 5) is 0. The van der Waals surface area contributed by atoms with Crippen LogP contribution in [0.5, 0.6) is 11.5 Å². The monoisotopic (exact) mass is 279 g/mol. The zero-order chi connectivity index (χ0) is 14.5. The van der Waals surface area contributed by atoms with E-state index in [1.54, 1.807) is 25.3 Å². The van der Waals surface area contributed by atoms with Crippen LogP contribution < -0.4 is 14.8 Å². The summed E-state index contributed by atoms with van der Waals surface area (Å²) in [5.41, 5.74) is 0.930. The highest BCUT2D eigenvalue weighted by molar-refractivity contribution is 5.59. The zero-order valence-corrected chi connectivity index (χ0v) is 11.2. The van der Waals surface area contributed by atoms with Gasteiger partial charge in [-0.2, -0.15) is 0 Å². The second kappa shape index (κ2) is 6.23. The van der Waals surface area contributed by atoms with Crippen LogP contribution in [0, 0.1) is 11.6 Å². The molecule has 0 bridgehead atoms. The third kappa shape index (κ3) is 2.99. The summed E-state index contributed by atoms with van der Waals surface area (Å²) in [6.45, 7) is 0.159. The summed E-state index contributed by atoms with van der Waals surface area (Å²) in [5, 5.41) is 3.01. The Hall–Kier alpha value is -2.30. The maximum Gasteiger partial charge on any atom is 0.163 e. The minimum Gasteiger partial charge on any atom is -0.497 e. The van der Waals surface area contributed by atoms with Crippen LogP contribution in [0.1, 0.15) is 5.56 Å². The van der Waals surface area contributed by atoms with Gasteiger partial charge in [0.2, 0.25) is 0 Å². The number of anilines is 1. The fourth-order valence-corrected chi connectivity index (χ4v) is 1.82. The molecule has 0 saturated carbocycles. The molecule has 0 amide bonds. The van der Waals surface area contributed by atoms with Gasteiger partial charge in [0.25, 0.3) is 0 Å². The molecule has 3 nitrogen and oxygen atoms in total. The number of methoxy groups -OCH3 is 2.